The van der Waals surface area contributed by atoms with Crippen molar-refractivity contribution in [2.24, 2.45) is 5.73 Å². The maximum atomic E-state index is 13.1. The lowest BCUT2D eigenvalue weighted by Crippen LogP contribution is -2.02. The van der Waals surface area contributed by atoms with E-state index in [9.17, 15) is 9.50 Å². The molecule has 0 saturated carbocycles. The van der Waals surface area contributed by atoms with E-state index >= 15 is 0 Å². The average molecular weight is 185 g/mol. The van der Waals surface area contributed by atoms with Gasteiger partial charge in [-0.3, -0.25) is 0 Å². The van der Waals surface area contributed by atoms with Crippen LogP contribution in [0.5, 0.6) is 11.5 Å². The van der Waals surface area contributed by atoms with E-state index in [4.69, 9.17) is 10.5 Å². The molecule has 0 aromatic heterocycles. The lowest BCUT2D eigenvalue weighted by molar-refractivity contribution is 0.349. The summed E-state index contributed by atoms with van der Waals surface area (Å²) in [6, 6.07) is 1.27. The fourth-order valence-electron chi connectivity index (χ4n) is 1.17. The second kappa shape index (κ2) is 3.62. The van der Waals surface area contributed by atoms with E-state index in [-0.39, 0.29) is 18.0 Å². The lowest BCUT2D eigenvalue weighted by atomic mass is 10.1. The lowest BCUT2D eigenvalue weighted by Gasteiger charge is -2.10. The number of aromatic hydroxyl groups is 1. The van der Waals surface area contributed by atoms with Gasteiger partial charge in [-0.05, 0) is 24.1 Å². The van der Waals surface area contributed by atoms with Crippen LogP contribution in [0.3, 0.4) is 0 Å². The molecule has 3 N–H and O–H groups in total. The summed E-state index contributed by atoms with van der Waals surface area (Å²) < 4.78 is 17.8. The van der Waals surface area contributed by atoms with Crippen molar-refractivity contribution in [2.45, 2.75) is 13.5 Å². The normalized spacial score (nSPS) is 10.2. The highest BCUT2D eigenvalue weighted by atomic mass is 19.1. The highest BCUT2D eigenvalue weighted by Gasteiger charge is 2.14. The summed E-state index contributed by atoms with van der Waals surface area (Å²) >= 11 is 0. The Bertz CT molecular complexity index is 326. The summed E-state index contributed by atoms with van der Waals surface area (Å²) in [4.78, 5) is 0. The first-order chi connectivity index (χ1) is 6.11. The third kappa shape index (κ3) is 1.58. The van der Waals surface area contributed by atoms with Crippen molar-refractivity contribution in [3.8, 4) is 11.5 Å². The number of hydrogen-bond acceptors (Lipinski definition) is 3. The van der Waals surface area contributed by atoms with Crippen molar-refractivity contribution in [1.29, 1.82) is 0 Å². The molecule has 72 valence electrons. The van der Waals surface area contributed by atoms with Crippen molar-refractivity contribution >= 4 is 0 Å². The van der Waals surface area contributed by atoms with E-state index in [1.807, 2.05) is 0 Å². The topological polar surface area (TPSA) is 55.5 Å². The molecule has 0 bridgehead atoms. The third-order valence-electron chi connectivity index (χ3n) is 1.99. The summed E-state index contributed by atoms with van der Waals surface area (Å²) in [7, 11) is 1.31. The summed E-state index contributed by atoms with van der Waals surface area (Å²) in [6.45, 7) is 1.86. The monoisotopic (exact) mass is 185 g/mol. The van der Waals surface area contributed by atoms with Crippen molar-refractivity contribution in [1.82, 2.24) is 0 Å². The zero-order chi connectivity index (χ0) is 10.0. The van der Waals surface area contributed by atoms with Gasteiger partial charge in [0, 0.05) is 6.54 Å². The van der Waals surface area contributed by atoms with Gasteiger partial charge in [0.2, 0.25) is 0 Å². The van der Waals surface area contributed by atoms with Crippen LogP contribution in [0.15, 0.2) is 6.07 Å². The number of methoxy groups -OCH3 is 1. The predicted molar refractivity (Wildman–Crippen MR) is 47.2 cm³/mol. The first-order valence-electron chi connectivity index (χ1n) is 3.86. The maximum absolute atomic E-state index is 13.1. The van der Waals surface area contributed by atoms with Gasteiger partial charge in [-0.15, -0.1) is 0 Å². The quantitative estimate of drug-likeness (QED) is 0.730. The van der Waals surface area contributed by atoms with Crippen molar-refractivity contribution in [3.05, 3.63) is 23.0 Å². The highest BCUT2D eigenvalue weighted by Crippen LogP contribution is 2.34. The smallest absolute Gasteiger partial charge is 0.196 e. The zero-order valence-electron chi connectivity index (χ0n) is 7.60. The Balaban J connectivity index is 3.37. The minimum atomic E-state index is -0.592. The molecular weight excluding hydrogens is 173 g/mol. The summed E-state index contributed by atoms with van der Waals surface area (Å²) in [6.07, 6.45) is 0. The number of ether oxygens (including phenoxy) is 1. The van der Waals surface area contributed by atoms with Crippen molar-refractivity contribution < 1.29 is 14.2 Å². The van der Waals surface area contributed by atoms with Gasteiger partial charge in [0.05, 0.1) is 7.11 Å². The first-order valence-corrected chi connectivity index (χ1v) is 3.86. The Labute approximate surface area is 75.9 Å². The molecule has 1 aromatic carbocycles. The molecule has 0 unspecified atom stereocenters. The summed E-state index contributed by atoms with van der Waals surface area (Å²) in [5.41, 5.74) is 6.50. The van der Waals surface area contributed by atoms with Crippen LogP contribution in [0.4, 0.5) is 4.39 Å². The van der Waals surface area contributed by atoms with Crippen LogP contribution in [0.2, 0.25) is 0 Å². The second-order valence-electron chi connectivity index (χ2n) is 2.73. The molecular formula is C9H12FNO2. The maximum Gasteiger partial charge on any atom is 0.196 e. The number of halogens is 1. The Hall–Kier alpha value is -1.29. The van der Waals surface area contributed by atoms with Crippen LogP contribution in [-0.4, -0.2) is 12.2 Å². The van der Waals surface area contributed by atoms with Gasteiger partial charge in [0.1, 0.15) is 0 Å². The van der Waals surface area contributed by atoms with Crippen molar-refractivity contribution in [3.63, 3.8) is 0 Å². The zero-order valence-corrected chi connectivity index (χ0v) is 7.60. The van der Waals surface area contributed by atoms with E-state index in [0.29, 0.717) is 11.1 Å². The Morgan fingerprint density at radius 3 is 2.69 bits per heavy atom. The number of rotatable bonds is 2. The van der Waals surface area contributed by atoms with E-state index in [1.54, 1.807) is 6.92 Å². The van der Waals surface area contributed by atoms with E-state index in [2.05, 4.69) is 0 Å². The number of hydrogen-bond donors (Lipinski definition) is 2. The van der Waals surface area contributed by atoms with E-state index in [1.165, 1.54) is 13.2 Å². The highest BCUT2D eigenvalue weighted by molar-refractivity contribution is 5.49. The molecule has 0 aliphatic heterocycles. The Morgan fingerprint density at radius 2 is 2.23 bits per heavy atom. The number of nitrogens with two attached hydrogens (primary N) is 1. The van der Waals surface area contributed by atoms with Gasteiger partial charge in [0.25, 0.3) is 0 Å². The standard InChI is InChI=1S/C9H12FNO2/c1-5-6(4-11)3-7(10)9(13-2)8(5)12/h3,12H,4,11H2,1-2H3. The fraction of sp³-hybridized carbons (Fsp3) is 0.333. The van der Waals surface area contributed by atoms with Crippen LogP contribution in [0.25, 0.3) is 0 Å². The van der Waals surface area contributed by atoms with Crippen molar-refractivity contribution in [2.75, 3.05) is 7.11 Å². The average Bonchev–Trinajstić information content (AvgIpc) is 2.12. The van der Waals surface area contributed by atoms with Gasteiger partial charge < -0.3 is 15.6 Å². The molecule has 0 spiro atoms. The molecule has 0 heterocycles. The van der Waals surface area contributed by atoms with Crippen LogP contribution < -0.4 is 10.5 Å². The molecule has 1 aromatic rings. The van der Waals surface area contributed by atoms with Gasteiger partial charge in [0.15, 0.2) is 17.3 Å². The molecule has 0 amide bonds. The minimum absolute atomic E-state index is 0.130. The molecule has 13 heavy (non-hydrogen) atoms. The fourth-order valence-corrected chi connectivity index (χ4v) is 1.17. The van der Waals surface area contributed by atoms with Gasteiger partial charge >= 0.3 is 0 Å². The molecule has 0 radical (unpaired) electrons. The molecule has 3 nitrogen and oxygen atoms in total. The Kier molecular flexibility index (Phi) is 2.72. The summed E-state index contributed by atoms with van der Waals surface area (Å²) in [5.74, 6) is -0.899. The summed E-state index contributed by atoms with van der Waals surface area (Å²) in [5, 5.41) is 9.47. The number of benzene rings is 1. The molecule has 0 aliphatic carbocycles. The molecule has 4 heteroatoms. The predicted octanol–water partition coefficient (Wildman–Crippen LogP) is 1.31. The minimum Gasteiger partial charge on any atom is -0.504 e. The van der Waals surface area contributed by atoms with Crippen LogP contribution in [0, 0.1) is 12.7 Å². The molecule has 0 atom stereocenters. The van der Waals surface area contributed by atoms with Crippen LogP contribution in [-0.2, 0) is 6.54 Å². The second-order valence-corrected chi connectivity index (χ2v) is 2.73. The van der Waals surface area contributed by atoms with Gasteiger partial charge in [-0.25, -0.2) is 4.39 Å². The number of phenols is 1. The Morgan fingerprint density at radius 1 is 1.62 bits per heavy atom. The van der Waals surface area contributed by atoms with Crippen LogP contribution >= 0.6 is 0 Å². The van der Waals surface area contributed by atoms with Crippen LogP contribution in [0.1, 0.15) is 11.1 Å². The molecule has 1 rings (SSSR count). The molecule has 0 aliphatic rings. The van der Waals surface area contributed by atoms with E-state index in [0.717, 1.165) is 0 Å². The SMILES string of the molecule is COc1c(F)cc(CN)c(C)c1O. The molecule has 0 saturated heterocycles. The number of phenolic OH excluding ortho intramolecular Hbond substituents is 1. The van der Waals surface area contributed by atoms with E-state index < -0.39 is 5.82 Å². The first kappa shape index (κ1) is 9.80. The largest absolute Gasteiger partial charge is 0.504 e. The van der Waals surface area contributed by atoms with Gasteiger partial charge in [-0.2, -0.15) is 0 Å². The molecule has 0 fully saturated rings. The third-order valence-corrected chi connectivity index (χ3v) is 1.99. The van der Waals surface area contributed by atoms with Gasteiger partial charge in [-0.1, -0.05) is 0 Å².